The molecule has 1 N–H and O–H groups in total. The quantitative estimate of drug-likeness (QED) is 0.924. The van der Waals surface area contributed by atoms with E-state index in [0.717, 1.165) is 0 Å². The van der Waals surface area contributed by atoms with Crippen molar-refractivity contribution in [2.45, 2.75) is 17.0 Å². The molecule has 1 heterocycles. The molecule has 1 aromatic carbocycles. The van der Waals surface area contributed by atoms with Crippen LogP contribution in [-0.2, 0) is 0 Å². The van der Waals surface area contributed by atoms with Gasteiger partial charge in [0, 0.05) is 11.8 Å². The third kappa shape index (κ3) is 2.78. The summed E-state index contributed by atoms with van der Waals surface area (Å²) in [6, 6.07) is 4.46. The monoisotopic (exact) mass is 270 g/mol. The predicted molar refractivity (Wildman–Crippen MR) is 61.6 cm³/mol. The number of carboxylic acid groups (broad SMARTS) is 1. The zero-order valence-corrected chi connectivity index (χ0v) is 10.2. The van der Waals surface area contributed by atoms with E-state index >= 15 is 0 Å². The minimum Gasteiger partial charge on any atom is -0.478 e. The van der Waals surface area contributed by atoms with Gasteiger partial charge in [0.1, 0.15) is 0 Å². The number of carboxylic acids is 1. The molecule has 0 aliphatic rings. The van der Waals surface area contributed by atoms with Crippen LogP contribution in [0.25, 0.3) is 0 Å². The second kappa shape index (κ2) is 4.77. The van der Waals surface area contributed by atoms with E-state index in [1.807, 2.05) is 0 Å². The Hall–Kier alpha value is -1.53. The van der Waals surface area contributed by atoms with Crippen molar-refractivity contribution in [3.05, 3.63) is 34.7 Å². The molecule has 0 aliphatic heterocycles. The molecule has 7 heteroatoms. The molecule has 0 saturated carbocycles. The molecule has 2 aromatic rings. The van der Waals surface area contributed by atoms with Gasteiger partial charge in [0.25, 0.3) is 5.22 Å². The van der Waals surface area contributed by atoms with Gasteiger partial charge in [-0.2, -0.15) is 0 Å². The zero-order valence-electron chi connectivity index (χ0n) is 8.68. The van der Waals surface area contributed by atoms with Crippen molar-refractivity contribution in [3.63, 3.8) is 0 Å². The fraction of sp³-hybridized carbons (Fsp3) is 0.100. The molecule has 5 nitrogen and oxygen atoms in total. The lowest BCUT2D eigenvalue weighted by molar-refractivity contribution is 0.0697. The maximum absolute atomic E-state index is 10.7. The molecular formula is C10H7ClN2O3S. The van der Waals surface area contributed by atoms with E-state index in [9.17, 15) is 4.79 Å². The Labute approximate surface area is 106 Å². The number of aromatic carboxylic acids is 1. The van der Waals surface area contributed by atoms with E-state index in [1.165, 1.54) is 23.9 Å². The molecule has 17 heavy (non-hydrogen) atoms. The van der Waals surface area contributed by atoms with Crippen molar-refractivity contribution in [3.8, 4) is 0 Å². The number of hydrogen-bond donors (Lipinski definition) is 1. The normalized spacial score (nSPS) is 10.5. The third-order valence-corrected chi connectivity index (χ3v) is 3.22. The van der Waals surface area contributed by atoms with Crippen molar-refractivity contribution in [1.82, 2.24) is 10.2 Å². The first-order valence-corrected chi connectivity index (χ1v) is 5.76. The molecule has 0 fully saturated rings. The highest BCUT2D eigenvalue weighted by Gasteiger charge is 2.11. The molecule has 0 amide bonds. The number of aromatic nitrogens is 2. The molecule has 0 radical (unpaired) electrons. The molecule has 0 atom stereocenters. The highest BCUT2D eigenvalue weighted by atomic mass is 35.5. The van der Waals surface area contributed by atoms with E-state index in [1.54, 1.807) is 13.0 Å². The van der Waals surface area contributed by atoms with Crippen LogP contribution >= 0.6 is 23.4 Å². The molecule has 2 rings (SSSR count). The first-order chi connectivity index (χ1) is 8.06. The standard InChI is InChI=1S/C10H7ClN2O3S/c1-5-12-13-10(16-5)17-8-3-2-6(9(14)15)4-7(8)11/h2-4H,1H3,(H,14,15). The van der Waals surface area contributed by atoms with Crippen LogP contribution in [0.3, 0.4) is 0 Å². The van der Waals surface area contributed by atoms with Gasteiger partial charge in [0.15, 0.2) is 0 Å². The average Bonchev–Trinajstić information content (AvgIpc) is 2.67. The van der Waals surface area contributed by atoms with Crippen LogP contribution in [0.5, 0.6) is 0 Å². The van der Waals surface area contributed by atoms with Gasteiger partial charge >= 0.3 is 5.97 Å². The van der Waals surface area contributed by atoms with Gasteiger partial charge < -0.3 is 9.52 Å². The Balaban J connectivity index is 2.25. The van der Waals surface area contributed by atoms with Crippen LogP contribution in [0.15, 0.2) is 32.7 Å². The minimum atomic E-state index is -1.02. The third-order valence-electron chi connectivity index (χ3n) is 1.88. The number of aryl methyl sites for hydroxylation is 1. The second-order valence-electron chi connectivity index (χ2n) is 3.14. The van der Waals surface area contributed by atoms with E-state index < -0.39 is 5.97 Å². The number of halogens is 1. The highest BCUT2D eigenvalue weighted by Crippen LogP contribution is 2.32. The summed E-state index contributed by atoms with van der Waals surface area (Å²) in [6.07, 6.45) is 0. The maximum Gasteiger partial charge on any atom is 0.335 e. The smallest absolute Gasteiger partial charge is 0.335 e. The molecular weight excluding hydrogens is 264 g/mol. The molecule has 88 valence electrons. The number of nitrogens with zero attached hydrogens (tertiary/aromatic N) is 2. The minimum absolute atomic E-state index is 0.140. The van der Waals surface area contributed by atoms with Gasteiger partial charge in [-0.3, -0.25) is 0 Å². The summed E-state index contributed by atoms with van der Waals surface area (Å²) in [6.45, 7) is 1.69. The van der Waals surface area contributed by atoms with Crippen molar-refractivity contribution >= 4 is 29.3 Å². The maximum atomic E-state index is 10.7. The summed E-state index contributed by atoms with van der Waals surface area (Å²) < 4.78 is 5.19. The second-order valence-corrected chi connectivity index (χ2v) is 4.54. The van der Waals surface area contributed by atoms with Crippen LogP contribution in [-0.4, -0.2) is 21.3 Å². The molecule has 0 saturated heterocycles. The van der Waals surface area contributed by atoms with E-state index in [2.05, 4.69) is 10.2 Å². The van der Waals surface area contributed by atoms with E-state index in [0.29, 0.717) is 21.0 Å². The fourth-order valence-electron chi connectivity index (χ4n) is 1.13. The van der Waals surface area contributed by atoms with E-state index in [-0.39, 0.29) is 5.56 Å². The summed E-state index contributed by atoms with van der Waals surface area (Å²) in [7, 11) is 0. The summed E-state index contributed by atoms with van der Waals surface area (Å²) in [4.78, 5) is 11.4. The van der Waals surface area contributed by atoms with Crippen LogP contribution in [0, 0.1) is 6.92 Å². The number of carbonyl (C=O) groups is 1. The first-order valence-electron chi connectivity index (χ1n) is 4.57. The summed E-state index contributed by atoms with van der Waals surface area (Å²) in [5.41, 5.74) is 0.140. The van der Waals surface area contributed by atoms with Crippen molar-refractivity contribution in [2.75, 3.05) is 0 Å². The lowest BCUT2D eigenvalue weighted by Gasteiger charge is -2.01. The van der Waals surface area contributed by atoms with Gasteiger partial charge in [-0.1, -0.05) is 11.6 Å². The van der Waals surface area contributed by atoms with Crippen LogP contribution in [0.2, 0.25) is 5.02 Å². The predicted octanol–water partition coefficient (Wildman–Crippen LogP) is 2.88. The summed E-state index contributed by atoms with van der Waals surface area (Å²) in [5, 5.41) is 17.0. The number of benzene rings is 1. The highest BCUT2D eigenvalue weighted by molar-refractivity contribution is 7.99. The molecule has 0 unspecified atom stereocenters. The largest absolute Gasteiger partial charge is 0.478 e. The molecule has 0 bridgehead atoms. The van der Waals surface area contributed by atoms with Crippen LogP contribution in [0.1, 0.15) is 16.2 Å². The van der Waals surface area contributed by atoms with Gasteiger partial charge in [-0.15, -0.1) is 10.2 Å². The Bertz CT molecular complexity index is 570. The molecule has 0 spiro atoms. The molecule has 0 aliphatic carbocycles. The summed E-state index contributed by atoms with van der Waals surface area (Å²) >= 11 is 7.15. The lowest BCUT2D eigenvalue weighted by Crippen LogP contribution is -1.95. The Morgan fingerprint density at radius 2 is 2.24 bits per heavy atom. The van der Waals surface area contributed by atoms with Gasteiger partial charge in [-0.05, 0) is 30.0 Å². The van der Waals surface area contributed by atoms with Crippen molar-refractivity contribution in [1.29, 1.82) is 0 Å². The topological polar surface area (TPSA) is 76.2 Å². The van der Waals surface area contributed by atoms with Gasteiger partial charge in [0.05, 0.1) is 10.6 Å². The molecule has 1 aromatic heterocycles. The van der Waals surface area contributed by atoms with Gasteiger partial charge in [0.2, 0.25) is 5.89 Å². The summed E-state index contributed by atoms with van der Waals surface area (Å²) in [5.74, 6) is -0.553. The first kappa shape index (κ1) is 11.9. The lowest BCUT2D eigenvalue weighted by atomic mass is 10.2. The van der Waals surface area contributed by atoms with Crippen molar-refractivity contribution in [2.24, 2.45) is 0 Å². The number of rotatable bonds is 3. The van der Waals surface area contributed by atoms with Crippen LogP contribution in [0.4, 0.5) is 0 Å². The number of hydrogen-bond acceptors (Lipinski definition) is 5. The average molecular weight is 271 g/mol. The SMILES string of the molecule is Cc1nnc(Sc2ccc(C(=O)O)cc2Cl)o1. The van der Waals surface area contributed by atoms with Crippen molar-refractivity contribution < 1.29 is 14.3 Å². The Kier molecular flexibility index (Phi) is 3.35. The fourth-order valence-corrected chi connectivity index (χ4v) is 2.15. The Morgan fingerprint density at radius 1 is 1.47 bits per heavy atom. The van der Waals surface area contributed by atoms with E-state index in [4.69, 9.17) is 21.1 Å². The Morgan fingerprint density at radius 3 is 2.76 bits per heavy atom. The van der Waals surface area contributed by atoms with Gasteiger partial charge in [-0.25, -0.2) is 4.79 Å². The zero-order chi connectivity index (χ0) is 12.4. The van der Waals surface area contributed by atoms with Crippen LogP contribution < -0.4 is 0 Å².